The maximum Gasteiger partial charge on any atom is 0.244 e. The quantitative estimate of drug-likeness (QED) is 0.866. The smallest absolute Gasteiger partial charge is 0.244 e. The number of nitrogens with zero attached hydrogens (tertiary/aromatic N) is 3. The Kier molecular flexibility index (Phi) is 4.60. The zero-order valence-corrected chi connectivity index (χ0v) is 11.6. The molecule has 0 aliphatic heterocycles. The van der Waals surface area contributed by atoms with Crippen LogP contribution in [0, 0.1) is 6.92 Å². The van der Waals surface area contributed by atoms with Gasteiger partial charge in [-0.25, -0.2) is 15.0 Å². The van der Waals surface area contributed by atoms with Gasteiger partial charge in [-0.3, -0.25) is 4.79 Å². The number of hydrogen-bond donors (Lipinski definition) is 2. The van der Waals surface area contributed by atoms with Crippen LogP contribution < -0.4 is 10.6 Å². The first-order valence-electron chi connectivity index (χ1n) is 6.46. The molecule has 0 unspecified atom stereocenters. The number of carbonyl (C=O) groups is 1. The van der Waals surface area contributed by atoms with Gasteiger partial charge < -0.3 is 10.6 Å². The second-order valence-corrected chi connectivity index (χ2v) is 4.26. The Morgan fingerprint density at radius 2 is 2.10 bits per heavy atom. The lowest BCUT2D eigenvalue weighted by Crippen LogP contribution is -2.22. The fourth-order valence-corrected chi connectivity index (χ4v) is 1.70. The zero-order valence-electron chi connectivity index (χ0n) is 11.6. The van der Waals surface area contributed by atoms with Gasteiger partial charge in [0, 0.05) is 18.0 Å². The predicted octanol–water partition coefficient (Wildman–Crippen LogP) is 1.79. The van der Waals surface area contributed by atoms with Crippen molar-refractivity contribution in [1.82, 2.24) is 15.0 Å². The number of amides is 1. The molecule has 0 aromatic carbocycles. The van der Waals surface area contributed by atoms with Crippen molar-refractivity contribution in [2.75, 3.05) is 17.2 Å². The van der Waals surface area contributed by atoms with Gasteiger partial charge in [0.05, 0.1) is 6.54 Å². The Labute approximate surface area is 117 Å². The van der Waals surface area contributed by atoms with E-state index in [4.69, 9.17) is 0 Å². The van der Waals surface area contributed by atoms with Crippen molar-refractivity contribution < 1.29 is 4.79 Å². The molecular formula is C14H17N5O. The molecule has 104 valence electrons. The van der Waals surface area contributed by atoms with Crippen molar-refractivity contribution in [2.24, 2.45) is 0 Å². The SMILES string of the molecule is CCc1cc(NCC(=O)Nc2ccccn2)nc(C)n1. The predicted molar refractivity (Wildman–Crippen MR) is 77.5 cm³/mol. The first-order valence-corrected chi connectivity index (χ1v) is 6.46. The fourth-order valence-electron chi connectivity index (χ4n) is 1.70. The lowest BCUT2D eigenvalue weighted by atomic mass is 10.3. The standard InChI is InChI=1S/C14H17N5O/c1-3-11-8-13(18-10(2)17-11)16-9-14(20)19-12-6-4-5-7-15-12/h4-8H,3,9H2,1-2H3,(H,15,19,20)(H,16,17,18). The molecule has 0 aliphatic rings. The molecule has 1 amide bonds. The summed E-state index contributed by atoms with van der Waals surface area (Å²) in [5.74, 6) is 1.72. The number of aromatic nitrogens is 3. The van der Waals surface area contributed by atoms with Crippen LogP contribution in [-0.4, -0.2) is 27.4 Å². The molecule has 0 saturated carbocycles. The summed E-state index contributed by atoms with van der Waals surface area (Å²) in [6.07, 6.45) is 2.46. The molecular weight excluding hydrogens is 254 g/mol. The molecule has 0 bridgehead atoms. The average Bonchev–Trinajstić information content (AvgIpc) is 2.45. The van der Waals surface area contributed by atoms with Crippen molar-refractivity contribution >= 4 is 17.5 Å². The van der Waals surface area contributed by atoms with E-state index in [0.29, 0.717) is 17.5 Å². The Balaban J connectivity index is 1.92. The van der Waals surface area contributed by atoms with E-state index in [9.17, 15) is 4.79 Å². The molecule has 0 aliphatic carbocycles. The molecule has 0 fully saturated rings. The van der Waals surface area contributed by atoms with E-state index in [1.54, 1.807) is 18.3 Å². The highest BCUT2D eigenvalue weighted by atomic mass is 16.1. The van der Waals surface area contributed by atoms with Gasteiger partial charge >= 0.3 is 0 Å². The Morgan fingerprint density at radius 1 is 1.25 bits per heavy atom. The van der Waals surface area contributed by atoms with Crippen LogP contribution in [0.25, 0.3) is 0 Å². The second kappa shape index (κ2) is 6.60. The molecule has 0 spiro atoms. The first kappa shape index (κ1) is 13.9. The monoisotopic (exact) mass is 271 g/mol. The van der Waals surface area contributed by atoms with Crippen LogP contribution in [-0.2, 0) is 11.2 Å². The maximum absolute atomic E-state index is 11.8. The van der Waals surface area contributed by atoms with E-state index in [-0.39, 0.29) is 12.5 Å². The fraction of sp³-hybridized carbons (Fsp3) is 0.286. The van der Waals surface area contributed by atoms with Gasteiger partial charge in [0.1, 0.15) is 17.5 Å². The lowest BCUT2D eigenvalue weighted by molar-refractivity contribution is -0.114. The summed E-state index contributed by atoms with van der Waals surface area (Å²) in [4.78, 5) is 24.3. The molecule has 6 nitrogen and oxygen atoms in total. The maximum atomic E-state index is 11.8. The second-order valence-electron chi connectivity index (χ2n) is 4.26. The minimum absolute atomic E-state index is 0.135. The number of rotatable bonds is 5. The minimum atomic E-state index is -0.169. The molecule has 2 rings (SSSR count). The van der Waals surface area contributed by atoms with Crippen molar-refractivity contribution in [3.8, 4) is 0 Å². The van der Waals surface area contributed by atoms with E-state index in [1.807, 2.05) is 26.0 Å². The normalized spacial score (nSPS) is 10.1. The van der Waals surface area contributed by atoms with E-state index in [2.05, 4.69) is 25.6 Å². The molecule has 2 aromatic rings. The summed E-state index contributed by atoms with van der Waals surface area (Å²) in [7, 11) is 0. The largest absolute Gasteiger partial charge is 0.361 e. The number of aryl methyl sites for hydroxylation is 2. The molecule has 2 heterocycles. The summed E-state index contributed by atoms with van der Waals surface area (Å²) in [5.41, 5.74) is 0.949. The zero-order chi connectivity index (χ0) is 14.4. The molecule has 6 heteroatoms. The molecule has 0 saturated heterocycles. The van der Waals surface area contributed by atoms with E-state index >= 15 is 0 Å². The third-order valence-electron chi connectivity index (χ3n) is 2.62. The summed E-state index contributed by atoms with van der Waals surface area (Å²) in [6, 6.07) is 7.20. The molecule has 0 atom stereocenters. The Bertz CT molecular complexity index is 585. The van der Waals surface area contributed by atoms with Gasteiger partial charge in [0.2, 0.25) is 5.91 Å². The van der Waals surface area contributed by atoms with Gasteiger partial charge in [-0.2, -0.15) is 0 Å². The number of pyridine rings is 1. The number of hydrogen-bond acceptors (Lipinski definition) is 5. The van der Waals surface area contributed by atoms with Crippen molar-refractivity contribution in [3.63, 3.8) is 0 Å². The van der Waals surface area contributed by atoms with Crippen LogP contribution in [0.15, 0.2) is 30.5 Å². The molecule has 2 aromatic heterocycles. The van der Waals surface area contributed by atoms with Crippen LogP contribution in [0.4, 0.5) is 11.6 Å². The summed E-state index contributed by atoms with van der Waals surface area (Å²) >= 11 is 0. The van der Waals surface area contributed by atoms with E-state index in [1.165, 1.54) is 0 Å². The van der Waals surface area contributed by atoms with Gasteiger partial charge in [0.25, 0.3) is 0 Å². The highest BCUT2D eigenvalue weighted by Gasteiger charge is 2.05. The minimum Gasteiger partial charge on any atom is -0.361 e. The van der Waals surface area contributed by atoms with E-state index < -0.39 is 0 Å². The van der Waals surface area contributed by atoms with Crippen LogP contribution in [0.5, 0.6) is 0 Å². The van der Waals surface area contributed by atoms with Crippen LogP contribution in [0.2, 0.25) is 0 Å². The highest BCUT2D eigenvalue weighted by Crippen LogP contribution is 2.07. The van der Waals surface area contributed by atoms with Gasteiger partial charge in [0.15, 0.2) is 0 Å². The Morgan fingerprint density at radius 3 is 2.80 bits per heavy atom. The van der Waals surface area contributed by atoms with Crippen molar-refractivity contribution in [2.45, 2.75) is 20.3 Å². The third-order valence-corrected chi connectivity index (χ3v) is 2.62. The Hall–Kier alpha value is -2.50. The summed E-state index contributed by atoms with van der Waals surface area (Å²) in [5, 5.41) is 5.69. The first-order chi connectivity index (χ1) is 9.67. The summed E-state index contributed by atoms with van der Waals surface area (Å²) < 4.78 is 0. The van der Waals surface area contributed by atoms with Crippen molar-refractivity contribution in [3.05, 3.63) is 42.0 Å². The molecule has 20 heavy (non-hydrogen) atoms. The molecule has 2 N–H and O–H groups in total. The summed E-state index contributed by atoms with van der Waals surface area (Å²) in [6.45, 7) is 3.99. The van der Waals surface area contributed by atoms with Crippen LogP contribution in [0.3, 0.4) is 0 Å². The van der Waals surface area contributed by atoms with E-state index in [0.717, 1.165) is 12.1 Å². The average molecular weight is 271 g/mol. The topological polar surface area (TPSA) is 79.8 Å². The number of anilines is 2. The number of carbonyl (C=O) groups excluding carboxylic acids is 1. The van der Waals surface area contributed by atoms with Crippen LogP contribution in [0.1, 0.15) is 18.4 Å². The number of nitrogens with one attached hydrogen (secondary N) is 2. The highest BCUT2D eigenvalue weighted by molar-refractivity contribution is 5.92. The van der Waals surface area contributed by atoms with Gasteiger partial charge in [-0.05, 0) is 25.5 Å². The van der Waals surface area contributed by atoms with Crippen molar-refractivity contribution in [1.29, 1.82) is 0 Å². The molecule has 0 radical (unpaired) electrons. The van der Waals surface area contributed by atoms with Gasteiger partial charge in [-0.15, -0.1) is 0 Å². The van der Waals surface area contributed by atoms with Gasteiger partial charge in [-0.1, -0.05) is 13.0 Å². The lowest BCUT2D eigenvalue weighted by Gasteiger charge is -2.08. The van der Waals surface area contributed by atoms with Crippen LogP contribution >= 0.6 is 0 Å². The third kappa shape index (κ3) is 4.01.